The molecule has 86 valence electrons. The topological polar surface area (TPSA) is 50.1 Å². The lowest BCUT2D eigenvalue weighted by Crippen LogP contribution is -2.31. The Labute approximate surface area is 91.3 Å². The third-order valence-corrected chi connectivity index (χ3v) is 2.94. The molecule has 4 nitrogen and oxygen atoms in total. The number of aliphatic hydroxyl groups excluding tert-OH is 1. The lowest BCUT2D eigenvalue weighted by molar-refractivity contribution is 0.238. The van der Waals surface area contributed by atoms with E-state index in [1.54, 1.807) is 0 Å². The van der Waals surface area contributed by atoms with E-state index in [2.05, 4.69) is 24.3 Å². The highest BCUT2D eigenvalue weighted by atomic mass is 16.3. The van der Waals surface area contributed by atoms with Gasteiger partial charge in [-0.15, -0.1) is 0 Å². The summed E-state index contributed by atoms with van der Waals surface area (Å²) in [6, 6.07) is 0.184. The quantitative estimate of drug-likeness (QED) is 0.760. The number of nitrogens with zero attached hydrogens (tertiary/aromatic N) is 2. The van der Waals surface area contributed by atoms with Gasteiger partial charge in [-0.3, -0.25) is 4.68 Å². The maximum Gasteiger partial charge on any atom is 0.0641 e. The molecule has 0 aromatic carbocycles. The maximum atomic E-state index is 9.06. The van der Waals surface area contributed by atoms with Crippen molar-refractivity contribution in [1.82, 2.24) is 15.1 Å². The Bertz CT molecular complexity index is 316. The van der Waals surface area contributed by atoms with Gasteiger partial charge >= 0.3 is 0 Å². The third kappa shape index (κ3) is 2.79. The normalized spacial score (nSPS) is 13.1. The summed E-state index contributed by atoms with van der Waals surface area (Å²) in [4.78, 5) is 0. The van der Waals surface area contributed by atoms with Crippen LogP contribution in [0.5, 0.6) is 0 Å². The summed E-state index contributed by atoms with van der Waals surface area (Å²) >= 11 is 0. The highest BCUT2D eigenvalue weighted by Crippen LogP contribution is 2.11. The highest BCUT2D eigenvalue weighted by molar-refractivity contribution is 5.24. The van der Waals surface area contributed by atoms with Gasteiger partial charge in [-0.1, -0.05) is 6.92 Å². The summed E-state index contributed by atoms with van der Waals surface area (Å²) in [5, 5.41) is 16.7. The van der Waals surface area contributed by atoms with Gasteiger partial charge < -0.3 is 10.4 Å². The van der Waals surface area contributed by atoms with E-state index in [4.69, 9.17) is 5.11 Å². The second kappa shape index (κ2) is 5.28. The Hall–Kier alpha value is -0.870. The first kappa shape index (κ1) is 12.2. The zero-order valence-corrected chi connectivity index (χ0v) is 10.0. The number of hydrogen-bond donors (Lipinski definition) is 2. The molecule has 0 spiro atoms. The van der Waals surface area contributed by atoms with Gasteiger partial charge in [0.05, 0.1) is 12.3 Å². The molecule has 0 aliphatic heterocycles. The first-order chi connectivity index (χ1) is 7.10. The minimum Gasteiger partial charge on any atom is -0.395 e. The van der Waals surface area contributed by atoms with Crippen molar-refractivity contribution in [3.05, 3.63) is 17.0 Å². The smallest absolute Gasteiger partial charge is 0.0641 e. The van der Waals surface area contributed by atoms with Crippen LogP contribution in [0.3, 0.4) is 0 Å². The molecule has 1 unspecified atom stereocenters. The van der Waals surface area contributed by atoms with Gasteiger partial charge in [0.2, 0.25) is 0 Å². The number of hydrogen-bond acceptors (Lipinski definition) is 3. The molecule has 0 saturated heterocycles. The summed E-state index contributed by atoms with van der Waals surface area (Å²) < 4.78 is 1.90. The van der Waals surface area contributed by atoms with E-state index in [1.165, 1.54) is 11.3 Å². The maximum absolute atomic E-state index is 9.06. The summed E-state index contributed by atoms with van der Waals surface area (Å²) in [5.41, 5.74) is 3.49. The first-order valence-electron chi connectivity index (χ1n) is 5.43. The molecule has 15 heavy (non-hydrogen) atoms. The fourth-order valence-electron chi connectivity index (χ4n) is 1.66. The lowest BCUT2D eigenvalue weighted by atomic mass is 10.1. The van der Waals surface area contributed by atoms with Crippen molar-refractivity contribution in [2.45, 2.75) is 39.8 Å². The third-order valence-electron chi connectivity index (χ3n) is 2.94. The van der Waals surface area contributed by atoms with Crippen molar-refractivity contribution < 1.29 is 5.11 Å². The molecule has 1 rings (SSSR count). The van der Waals surface area contributed by atoms with Gasteiger partial charge in [0.15, 0.2) is 0 Å². The van der Waals surface area contributed by atoms with Crippen LogP contribution < -0.4 is 5.32 Å². The van der Waals surface area contributed by atoms with Crippen molar-refractivity contribution in [2.24, 2.45) is 7.05 Å². The van der Waals surface area contributed by atoms with Crippen molar-refractivity contribution in [2.75, 3.05) is 6.61 Å². The molecule has 0 amide bonds. The Balaban J connectivity index is 2.64. The summed E-state index contributed by atoms with van der Waals surface area (Å²) in [5.74, 6) is 0. The monoisotopic (exact) mass is 211 g/mol. The van der Waals surface area contributed by atoms with Gasteiger partial charge in [0, 0.05) is 30.9 Å². The number of aryl methyl sites for hydroxylation is 2. The Kier molecular flexibility index (Phi) is 4.29. The summed E-state index contributed by atoms with van der Waals surface area (Å²) in [6.07, 6.45) is 0.939. The minimum absolute atomic E-state index is 0.184. The van der Waals surface area contributed by atoms with Gasteiger partial charge in [0.1, 0.15) is 0 Å². The Morgan fingerprint density at radius 2 is 2.13 bits per heavy atom. The molecular formula is C11H21N3O. The predicted molar refractivity (Wildman–Crippen MR) is 60.7 cm³/mol. The van der Waals surface area contributed by atoms with Crippen LogP contribution in [0.15, 0.2) is 0 Å². The van der Waals surface area contributed by atoms with Crippen LogP contribution in [0.25, 0.3) is 0 Å². The highest BCUT2D eigenvalue weighted by Gasteiger charge is 2.10. The van der Waals surface area contributed by atoms with Gasteiger partial charge in [-0.2, -0.15) is 5.10 Å². The molecular weight excluding hydrogens is 190 g/mol. The second-order valence-electron chi connectivity index (χ2n) is 3.94. The SMILES string of the molecule is CCC(CO)NCc1c(C)nn(C)c1C. The molecule has 0 saturated carbocycles. The molecule has 1 atom stereocenters. The van der Waals surface area contributed by atoms with Crippen LogP contribution >= 0.6 is 0 Å². The number of aliphatic hydroxyl groups is 1. The average molecular weight is 211 g/mol. The Morgan fingerprint density at radius 3 is 2.53 bits per heavy atom. The van der Waals surface area contributed by atoms with Crippen molar-refractivity contribution in [1.29, 1.82) is 0 Å². The minimum atomic E-state index is 0.184. The first-order valence-corrected chi connectivity index (χ1v) is 5.43. The average Bonchev–Trinajstić information content (AvgIpc) is 2.45. The van der Waals surface area contributed by atoms with Crippen LogP contribution in [0.4, 0.5) is 0 Å². The molecule has 4 heteroatoms. The van der Waals surface area contributed by atoms with Gasteiger partial charge in [0.25, 0.3) is 0 Å². The molecule has 0 aliphatic carbocycles. The van der Waals surface area contributed by atoms with Crippen LogP contribution in [0, 0.1) is 13.8 Å². The number of nitrogens with one attached hydrogen (secondary N) is 1. The van der Waals surface area contributed by atoms with E-state index in [-0.39, 0.29) is 12.6 Å². The number of aromatic nitrogens is 2. The zero-order chi connectivity index (χ0) is 11.4. The predicted octanol–water partition coefficient (Wildman–Crippen LogP) is 0.897. The van der Waals surface area contributed by atoms with Gasteiger partial charge in [-0.25, -0.2) is 0 Å². The standard InChI is InChI=1S/C11H21N3O/c1-5-10(7-15)12-6-11-8(2)13-14(4)9(11)3/h10,12,15H,5-7H2,1-4H3. The summed E-state index contributed by atoms with van der Waals surface area (Å²) in [6.45, 7) is 7.12. The summed E-state index contributed by atoms with van der Waals surface area (Å²) in [7, 11) is 1.95. The van der Waals surface area contributed by atoms with Crippen molar-refractivity contribution in [3.8, 4) is 0 Å². The molecule has 1 aromatic heterocycles. The van der Waals surface area contributed by atoms with E-state index in [0.29, 0.717) is 0 Å². The van der Waals surface area contributed by atoms with E-state index in [0.717, 1.165) is 18.7 Å². The van der Waals surface area contributed by atoms with Gasteiger partial charge in [-0.05, 0) is 20.3 Å². The van der Waals surface area contributed by atoms with E-state index < -0.39 is 0 Å². The lowest BCUT2D eigenvalue weighted by Gasteiger charge is -2.13. The molecule has 0 radical (unpaired) electrons. The molecule has 1 heterocycles. The molecule has 0 fully saturated rings. The zero-order valence-electron chi connectivity index (χ0n) is 10.0. The number of rotatable bonds is 5. The largest absolute Gasteiger partial charge is 0.395 e. The van der Waals surface area contributed by atoms with E-state index in [9.17, 15) is 0 Å². The fourth-order valence-corrected chi connectivity index (χ4v) is 1.66. The Morgan fingerprint density at radius 1 is 1.47 bits per heavy atom. The molecule has 2 N–H and O–H groups in total. The van der Waals surface area contributed by atoms with Crippen LogP contribution in [-0.2, 0) is 13.6 Å². The van der Waals surface area contributed by atoms with Crippen molar-refractivity contribution >= 4 is 0 Å². The van der Waals surface area contributed by atoms with E-state index >= 15 is 0 Å². The van der Waals surface area contributed by atoms with Crippen LogP contribution in [0.2, 0.25) is 0 Å². The second-order valence-corrected chi connectivity index (χ2v) is 3.94. The van der Waals surface area contributed by atoms with Crippen LogP contribution in [-0.4, -0.2) is 27.5 Å². The molecule has 0 aliphatic rings. The van der Waals surface area contributed by atoms with Crippen LogP contribution in [0.1, 0.15) is 30.3 Å². The van der Waals surface area contributed by atoms with Crippen molar-refractivity contribution in [3.63, 3.8) is 0 Å². The fraction of sp³-hybridized carbons (Fsp3) is 0.727. The molecule has 1 aromatic rings. The molecule has 0 bridgehead atoms. The van der Waals surface area contributed by atoms with E-state index in [1.807, 2.05) is 18.7 Å².